The van der Waals surface area contributed by atoms with Gasteiger partial charge in [0.05, 0.1) is 21.6 Å². The number of hydrogen-bond donors (Lipinski definition) is 6. The van der Waals surface area contributed by atoms with Gasteiger partial charge >= 0.3 is 0 Å². The number of piperazine rings is 1. The number of aromatic nitrogens is 2. The van der Waals surface area contributed by atoms with Crippen molar-refractivity contribution in [3.63, 3.8) is 0 Å². The molecule has 0 bridgehead atoms. The van der Waals surface area contributed by atoms with Crippen LogP contribution in [0.2, 0.25) is 5.02 Å². The van der Waals surface area contributed by atoms with Crippen LogP contribution in [0.4, 0.5) is 17.1 Å². The number of H-pyrrole nitrogens is 1. The lowest BCUT2D eigenvalue weighted by Crippen LogP contribution is -2.47. The number of carbonyl (C=O) groups excluding carboxylic acids is 1. The number of halogens is 1. The van der Waals surface area contributed by atoms with Crippen molar-refractivity contribution < 1.29 is 27.4 Å². The number of benzene rings is 3. The molecule has 0 radical (unpaired) electrons. The van der Waals surface area contributed by atoms with E-state index in [0.717, 1.165) is 61.1 Å². The van der Waals surface area contributed by atoms with Gasteiger partial charge in [-0.05, 0) is 84.3 Å². The summed E-state index contributed by atoms with van der Waals surface area (Å²) < 4.78 is 53.8. The van der Waals surface area contributed by atoms with Crippen molar-refractivity contribution in [2.24, 2.45) is 5.41 Å². The highest BCUT2D eigenvalue weighted by Crippen LogP contribution is 2.43. The summed E-state index contributed by atoms with van der Waals surface area (Å²) in [5.74, 6) is 0.293. The number of sulfonamides is 1. The molecule has 2 aromatic heterocycles. The SMILES string of the molecule is CC1(C)CCC(CN2CCN(c3ccc(C(=O)NS(=O)(=O)c4ccc(NCCN5CC[SH](=N)(O)CC5)c([N+](=O)[O-])c4)c(Oc4cnc5[nH]ccc5c4)c3)CC2)=C(c2ccc(Cl)cc2)C1. The van der Waals surface area contributed by atoms with Gasteiger partial charge in [0, 0.05) is 105 Å². The lowest BCUT2D eigenvalue weighted by molar-refractivity contribution is -0.384. The number of fused-ring (bicyclic) bond motifs is 1. The predicted molar refractivity (Wildman–Crippen MR) is 254 cm³/mol. The van der Waals surface area contributed by atoms with Crippen molar-refractivity contribution >= 4 is 71.3 Å². The van der Waals surface area contributed by atoms with Gasteiger partial charge in [-0.25, -0.2) is 18.1 Å². The molecule has 64 heavy (non-hydrogen) atoms. The van der Waals surface area contributed by atoms with Crippen molar-refractivity contribution in [1.29, 1.82) is 4.78 Å². The topological polar surface area (TPSA) is 210 Å². The third-order valence-corrected chi connectivity index (χ3v) is 15.8. The Morgan fingerprint density at radius 1 is 1.02 bits per heavy atom. The minimum atomic E-state index is -4.60. The van der Waals surface area contributed by atoms with E-state index in [0.29, 0.717) is 62.2 Å². The van der Waals surface area contributed by atoms with Gasteiger partial charge in [0.1, 0.15) is 22.8 Å². The molecule has 0 atom stereocenters. The second kappa shape index (κ2) is 18.6. The standard InChI is InChI=1S/C45H54ClN9O7S2/c1-45(2)13-11-33(39(28-45)31-3-5-34(46)6-4-31)30-53-17-19-54(20-18-53)35-7-9-38(42(26-35)62-36-25-32-12-14-49-43(32)50-29-36)44(56)51-64(60,61)37-8-10-40(41(27-37)55(57)58)48-15-16-52-21-23-63(47,59)24-22-52/h3-10,12,14,25-27,29,48,63H,11,13,15-24,28,30H2,1-2H3,(H2,47,59)(H,49,50)(H,51,56). The Balaban J connectivity index is 0.981. The molecule has 16 nitrogen and oxygen atoms in total. The van der Waals surface area contributed by atoms with E-state index in [9.17, 15) is 27.9 Å². The van der Waals surface area contributed by atoms with Gasteiger partial charge in [0.2, 0.25) is 0 Å². The Morgan fingerprint density at radius 3 is 2.50 bits per heavy atom. The number of aromatic amines is 1. The maximum atomic E-state index is 13.9. The molecule has 2 fully saturated rings. The van der Waals surface area contributed by atoms with Gasteiger partial charge in [-0.3, -0.25) is 29.5 Å². The minimum absolute atomic E-state index is 0.0569. The van der Waals surface area contributed by atoms with Gasteiger partial charge in [0.15, 0.2) is 0 Å². The predicted octanol–water partition coefficient (Wildman–Crippen LogP) is 7.67. The normalized spacial score (nSPS) is 18.7. The maximum Gasteiger partial charge on any atom is 0.293 e. The number of nitrogens with one attached hydrogen (secondary N) is 4. The molecular formula is C45H54ClN9O7S2. The molecule has 3 aliphatic rings. The minimum Gasteiger partial charge on any atom is -0.455 e. The number of ether oxygens (including phenoxy) is 1. The monoisotopic (exact) mass is 931 g/mol. The molecule has 5 aromatic rings. The Kier molecular flexibility index (Phi) is 13.2. The highest BCUT2D eigenvalue weighted by Gasteiger charge is 2.31. The van der Waals surface area contributed by atoms with E-state index >= 15 is 0 Å². The zero-order valence-corrected chi connectivity index (χ0v) is 38.3. The van der Waals surface area contributed by atoms with Crippen LogP contribution in [0.3, 0.4) is 0 Å². The van der Waals surface area contributed by atoms with Crippen molar-refractivity contribution in [2.75, 3.05) is 80.6 Å². The van der Waals surface area contributed by atoms with Crippen LogP contribution in [0.1, 0.15) is 49.0 Å². The molecule has 340 valence electrons. The van der Waals surface area contributed by atoms with Crippen LogP contribution >= 0.6 is 11.6 Å². The highest BCUT2D eigenvalue weighted by atomic mass is 35.5. The third kappa shape index (κ3) is 10.8. The van der Waals surface area contributed by atoms with E-state index in [2.05, 4.69) is 60.7 Å². The fourth-order valence-corrected chi connectivity index (χ4v) is 11.2. The average molecular weight is 933 g/mol. The summed E-state index contributed by atoms with van der Waals surface area (Å²) in [5.41, 5.74) is 5.34. The van der Waals surface area contributed by atoms with Crippen LogP contribution in [0.5, 0.6) is 11.5 Å². The first kappa shape index (κ1) is 45.2. The van der Waals surface area contributed by atoms with Gasteiger partial charge in [0.25, 0.3) is 21.6 Å². The first-order chi connectivity index (χ1) is 30.5. The summed E-state index contributed by atoms with van der Waals surface area (Å²) in [7, 11) is -7.19. The van der Waals surface area contributed by atoms with Crippen LogP contribution in [-0.2, 0) is 20.1 Å². The second-order valence-corrected chi connectivity index (χ2v) is 22.4. The molecule has 2 saturated heterocycles. The summed E-state index contributed by atoms with van der Waals surface area (Å²) in [6.07, 6.45) is 6.44. The van der Waals surface area contributed by atoms with Crippen molar-refractivity contribution in [3.05, 3.63) is 117 Å². The molecule has 0 unspecified atom stereocenters. The lowest BCUT2D eigenvalue weighted by atomic mass is 9.72. The Bertz CT molecular complexity index is 2740. The number of allylic oxidation sites excluding steroid dienone is 1. The number of rotatable bonds is 14. The molecule has 8 rings (SSSR count). The Hall–Kier alpha value is -5.37. The molecule has 1 amide bonds. The van der Waals surface area contributed by atoms with Crippen molar-refractivity contribution in [3.8, 4) is 11.5 Å². The largest absolute Gasteiger partial charge is 0.455 e. The molecule has 3 aromatic carbocycles. The molecule has 5 N–H and O–H groups in total. The van der Waals surface area contributed by atoms with Crippen molar-refractivity contribution in [1.82, 2.24) is 24.5 Å². The molecule has 2 aliphatic heterocycles. The Morgan fingerprint density at radius 2 is 1.77 bits per heavy atom. The third-order valence-electron chi connectivity index (χ3n) is 12.4. The molecule has 0 spiro atoms. The van der Waals surface area contributed by atoms with Crippen LogP contribution < -0.4 is 19.7 Å². The number of hydrogen-bond acceptors (Lipinski definition) is 12. The molecule has 4 heterocycles. The number of anilines is 2. The second-order valence-electron chi connectivity index (χ2n) is 17.6. The number of amides is 1. The molecule has 19 heteroatoms. The highest BCUT2D eigenvalue weighted by molar-refractivity contribution is 7.98. The smallest absolute Gasteiger partial charge is 0.293 e. The van der Waals surface area contributed by atoms with Crippen LogP contribution in [0.25, 0.3) is 16.6 Å². The fraction of sp³-hybridized carbons (Fsp3) is 0.378. The van der Waals surface area contributed by atoms with Gasteiger partial charge in [-0.2, -0.15) is 0 Å². The van der Waals surface area contributed by atoms with E-state index in [1.165, 1.54) is 41.1 Å². The fourth-order valence-electron chi connectivity index (χ4n) is 8.60. The van der Waals surface area contributed by atoms with Crippen molar-refractivity contribution in [2.45, 2.75) is 38.0 Å². The lowest BCUT2D eigenvalue weighted by Gasteiger charge is -2.39. The number of carbonyl (C=O) groups is 1. The van der Waals surface area contributed by atoms with Gasteiger partial charge in [-0.15, -0.1) is 10.1 Å². The van der Waals surface area contributed by atoms with Gasteiger partial charge < -0.3 is 24.5 Å². The summed E-state index contributed by atoms with van der Waals surface area (Å²) in [4.78, 5) is 39.1. The first-order valence-electron chi connectivity index (χ1n) is 21.4. The summed E-state index contributed by atoms with van der Waals surface area (Å²) in [6, 6.07) is 20.2. The van der Waals surface area contributed by atoms with E-state index in [1.54, 1.807) is 24.4 Å². The van der Waals surface area contributed by atoms with Gasteiger partial charge in [-0.1, -0.05) is 43.2 Å². The molecular weight excluding hydrogens is 878 g/mol. The van der Waals surface area contributed by atoms with Crippen LogP contribution in [-0.4, -0.2) is 114 Å². The zero-order chi connectivity index (χ0) is 45.2. The van der Waals surface area contributed by atoms with E-state index in [4.69, 9.17) is 21.1 Å². The number of nitrogens with zero attached hydrogens (tertiary/aromatic N) is 5. The van der Waals surface area contributed by atoms with E-state index < -0.39 is 41.5 Å². The quantitative estimate of drug-likeness (QED) is 0.0360. The van der Waals surface area contributed by atoms with Crippen LogP contribution in [0, 0.1) is 20.3 Å². The Labute approximate surface area is 378 Å². The zero-order valence-electron chi connectivity index (χ0n) is 35.8. The summed E-state index contributed by atoms with van der Waals surface area (Å²) in [5, 5.41) is 16.6. The molecule has 1 aliphatic carbocycles. The number of pyridine rings is 1. The summed E-state index contributed by atoms with van der Waals surface area (Å²) in [6.45, 7) is 10.5. The summed E-state index contributed by atoms with van der Waals surface area (Å²) >= 11 is 6.24. The average Bonchev–Trinajstić information content (AvgIpc) is 3.73. The molecule has 0 saturated carbocycles. The first-order valence-corrected chi connectivity index (χ1v) is 25.3. The van der Waals surface area contributed by atoms with E-state index in [1.807, 2.05) is 18.2 Å². The number of nitro groups is 1. The van der Waals surface area contributed by atoms with E-state index in [-0.39, 0.29) is 22.4 Å². The number of thiol groups is 1. The van der Waals surface area contributed by atoms with Crippen LogP contribution in [0.15, 0.2) is 95.7 Å². The number of nitro benzene ring substituents is 1. The maximum absolute atomic E-state index is 13.9.